The molecule has 2 atom stereocenters. The van der Waals surface area contributed by atoms with Gasteiger partial charge in [-0.25, -0.2) is 0 Å². The van der Waals surface area contributed by atoms with Crippen molar-refractivity contribution in [3.05, 3.63) is 77.9 Å². The summed E-state index contributed by atoms with van der Waals surface area (Å²) >= 11 is 0. The van der Waals surface area contributed by atoms with E-state index in [-0.39, 0.29) is 43.6 Å². The molecule has 1 saturated carbocycles. The Bertz CT molecular complexity index is 1370. The molecule has 2 amide bonds. The molecule has 0 spiro atoms. The van der Waals surface area contributed by atoms with Gasteiger partial charge in [-0.1, -0.05) is 49.6 Å². The molecular formula is C31H32N2O7. The third-order valence-corrected chi connectivity index (χ3v) is 7.58. The molecule has 0 radical (unpaired) electrons. The van der Waals surface area contributed by atoms with E-state index in [9.17, 15) is 14.7 Å². The van der Waals surface area contributed by atoms with Crippen LogP contribution in [0.4, 0.5) is 0 Å². The fraction of sp³-hybridized carbons (Fsp3) is 0.355. The molecule has 9 nitrogen and oxygen atoms in total. The minimum atomic E-state index is -0.971. The number of nitrogens with zero attached hydrogens (tertiary/aromatic N) is 1. The van der Waals surface area contributed by atoms with Gasteiger partial charge in [0.05, 0.1) is 0 Å². The number of para-hydroxylation sites is 2. The summed E-state index contributed by atoms with van der Waals surface area (Å²) in [7, 11) is 0. The van der Waals surface area contributed by atoms with Crippen LogP contribution >= 0.6 is 0 Å². The first-order valence-electron chi connectivity index (χ1n) is 13.7. The quantitative estimate of drug-likeness (QED) is 0.452. The summed E-state index contributed by atoms with van der Waals surface area (Å²) in [5.74, 6) is 1.68. The molecule has 2 heterocycles. The number of hydrogen-bond acceptors (Lipinski definition) is 7. The number of rotatable bonds is 7. The van der Waals surface area contributed by atoms with E-state index in [1.165, 1.54) is 17.0 Å². The summed E-state index contributed by atoms with van der Waals surface area (Å²) in [5.41, 5.74) is 1.35. The zero-order valence-electron chi connectivity index (χ0n) is 22.1. The smallest absolute Gasteiger partial charge is 0.268 e. The van der Waals surface area contributed by atoms with Gasteiger partial charge in [-0.15, -0.1) is 0 Å². The molecule has 0 bridgehead atoms. The number of ether oxygens (including phenoxy) is 4. The Morgan fingerprint density at radius 2 is 1.60 bits per heavy atom. The SMILES string of the molecule is O=C(NC1CCCCC1)C(c1ccc(O)cc1)N(Cc1ccc2c(c1)OCO2)C(=O)C1COc2ccccc2O1. The van der Waals surface area contributed by atoms with Gasteiger partial charge in [-0.05, 0) is 60.4 Å². The van der Waals surface area contributed by atoms with Gasteiger partial charge in [0.25, 0.3) is 5.91 Å². The average Bonchev–Trinajstić information content (AvgIpc) is 3.46. The molecule has 2 unspecified atom stereocenters. The second kappa shape index (κ2) is 11.4. The molecular weight excluding hydrogens is 512 g/mol. The fourth-order valence-electron chi connectivity index (χ4n) is 5.52. The van der Waals surface area contributed by atoms with E-state index in [2.05, 4.69) is 5.32 Å². The largest absolute Gasteiger partial charge is 0.508 e. The lowest BCUT2D eigenvalue weighted by Crippen LogP contribution is -2.52. The van der Waals surface area contributed by atoms with Gasteiger partial charge in [-0.3, -0.25) is 9.59 Å². The third kappa shape index (κ3) is 5.50. The first kappa shape index (κ1) is 25.9. The number of phenolic OH excluding ortho intramolecular Hbond substituents is 1. The molecule has 2 aliphatic heterocycles. The molecule has 3 aliphatic rings. The van der Waals surface area contributed by atoms with E-state index < -0.39 is 12.1 Å². The van der Waals surface area contributed by atoms with E-state index in [1.807, 2.05) is 24.3 Å². The summed E-state index contributed by atoms with van der Waals surface area (Å²) in [6.45, 7) is 0.259. The summed E-state index contributed by atoms with van der Waals surface area (Å²) < 4.78 is 23.0. The number of amides is 2. The highest BCUT2D eigenvalue weighted by Crippen LogP contribution is 2.36. The van der Waals surface area contributed by atoms with Crippen LogP contribution in [0, 0.1) is 0 Å². The number of aromatic hydroxyl groups is 1. The third-order valence-electron chi connectivity index (χ3n) is 7.58. The lowest BCUT2D eigenvalue weighted by atomic mass is 9.94. The molecule has 3 aromatic rings. The van der Waals surface area contributed by atoms with Crippen molar-refractivity contribution in [3.63, 3.8) is 0 Å². The van der Waals surface area contributed by atoms with E-state index >= 15 is 0 Å². The number of carbonyl (C=O) groups is 2. The number of phenols is 1. The average molecular weight is 545 g/mol. The van der Waals surface area contributed by atoms with Crippen molar-refractivity contribution in [2.75, 3.05) is 13.4 Å². The van der Waals surface area contributed by atoms with E-state index in [0.29, 0.717) is 28.6 Å². The Morgan fingerprint density at radius 3 is 2.40 bits per heavy atom. The van der Waals surface area contributed by atoms with Gasteiger partial charge < -0.3 is 34.3 Å². The minimum absolute atomic E-state index is 0.0139. The summed E-state index contributed by atoms with van der Waals surface area (Å²) in [6, 6.07) is 18.1. The summed E-state index contributed by atoms with van der Waals surface area (Å²) in [4.78, 5) is 29.8. The summed E-state index contributed by atoms with van der Waals surface area (Å²) in [5, 5.41) is 13.2. The van der Waals surface area contributed by atoms with Crippen LogP contribution in [0.3, 0.4) is 0 Å². The first-order chi connectivity index (χ1) is 19.5. The van der Waals surface area contributed by atoms with Crippen molar-refractivity contribution in [1.82, 2.24) is 10.2 Å². The van der Waals surface area contributed by atoms with Crippen LogP contribution in [-0.2, 0) is 16.1 Å². The van der Waals surface area contributed by atoms with E-state index in [4.69, 9.17) is 18.9 Å². The predicted octanol–water partition coefficient (Wildman–Crippen LogP) is 4.48. The topological polar surface area (TPSA) is 107 Å². The van der Waals surface area contributed by atoms with Crippen molar-refractivity contribution < 1.29 is 33.6 Å². The first-order valence-corrected chi connectivity index (χ1v) is 13.7. The maximum Gasteiger partial charge on any atom is 0.268 e. The zero-order valence-corrected chi connectivity index (χ0v) is 22.1. The van der Waals surface area contributed by atoms with Crippen molar-refractivity contribution >= 4 is 11.8 Å². The number of hydrogen-bond donors (Lipinski definition) is 2. The number of fused-ring (bicyclic) bond motifs is 2. The molecule has 2 N–H and O–H groups in total. The highest BCUT2D eigenvalue weighted by atomic mass is 16.7. The lowest BCUT2D eigenvalue weighted by Gasteiger charge is -2.36. The lowest BCUT2D eigenvalue weighted by molar-refractivity contribution is -0.149. The molecule has 208 valence electrons. The van der Waals surface area contributed by atoms with Gasteiger partial charge in [0.2, 0.25) is 18.8 Å². The van der Waals surface area contributed by atoms with Crippen molar-refractivity contribution in [3.8, 4) is 28.7 Å². The predicted molar refractivity (Wildman–Crippen MR) is 145 cm³/mol. The van der Waals surface area contributed by atoms with Gasteiger partial charge in [-0.2, -0.15) is 0 Å². The highest BCUT2D eigenvalue weighted by Gasteiger charge is 2.39. The minimum Gasteiger partial charge on any atom is -0.508 e. The molecule has 1 aliphatic carbocycles. The Morgan fingerprint density at radius 1 is 0.875 bits per heavy atom. The van der Waals surface area contributed by atoms with Crippen LogP contribution in [0.15, 0.2) is 66.7 Å². The van der Waals surface area contributed by atoms with Crippen LogP contribution < -0.4 is 24.3 Å². The fourth-order valence-corrected chi connectivity index (χ4v) is 5.52. The molecule has 40 heavy (non-hydrogen) atoms. The Balaban J connectivity index is 1.36. The molecule has 9 heteroatoms. The molecule has 3 aromatic carbocycles. The number of benzene rings is 3. The number of carbonyl (C=O) groups excluding carboxylic acids is 2. The number of nitrogens with one attached hydrogen (secondary N) is 1. The van der Waals surface area contributed by atoms with Crippen LogP contribution in [0.1, 0.15) is 49.3 Å². The van der Waals surface area contributed by atoms with E-state index in [1.54, 1.807) is 30.3 Å². The van der Waals surface area contributed by atoms with Crippen LogP contribution in [0.2, 0.25) is 0 Å². The highest BCUT2D eigenvalue weighted by molar-refractivity contribution is 5.91. The monoisotopic (exact) mass is 544 g/mol. The van der Waals surface area contributed by atoms with E-state index in [0.717, 1.165) is 37.7 Å². The Labute approximate surface area is 232 Å². The van der Waals surface area contributed by atoms with Gasteiger partial charge in [0, 0.05) is 12.6 Å². The second-order valence-electron chi connectivity index (χ2n) is 10.4. The molecule has 1 fully saturated rings. The van der Waals surface area contributed by atoms with Crippen molar-refractivity contribution in [2.45, 2.75) is 56.8 Å². The Hall–Kier alpha value is -4.40. The van der Waals surface area contributed by atoms with Crippen molar-refractivity contribution in [1.29, 1.82) is 0 Å². The molecule has 0 saturated heterocycles. The van der Waals surface area contributed by atoms with Crippen LogP contribution in [0.5, 0.6) is 28.7 Å². The standard InChI is InChI=1S/C31H32N2O7/c34-23-13-11-21(12-14-23)29(30(35)32-22-6-2-1-3-7-22)33(17-20-10-15-25-27(16-20)39-19-38-25)31(36)28-18-37-24-8-4-5-9-26(24)40-28/h4-5,8-16,22,28-29,34H,1-3,6-7,17-19H2,(H,32,35). The van der Waals surface area contributed by atoms with Gasteiger partial charge in [0.1, 0.15) is 18.4 Å². The zero-order chi connectivity index (χ0) is 27.5. The second-order valence-corrected chi connectivity index (χ2v) is 10.4. The van der Waals surface area contributed by atoms with Gasteiger partial charge >= 0.3 is 0 Å². The maximum atomic E-state index is 14.3. The molecule has 0 aromatic heterocycles. The van der Waals surface area contributed by atoms with Crippen molar-refractivity contribution in [2.24, 2.45) is 0 Å². The van der Waals surface area contributed by atoms with Crippen LogP contribution in [0.25, 0.3) is 0 Å². The van der Waals surface area contributed by atoms with Crippen LogP contribution in [-0.4, -0.2) is 47.4 Å². The normalized spacial score (nSPS) is 18.6. The van der Waals surface area contributed by atoms with Gasteiger partial charge in [0.15, 0.2) is 23.0 Å². The Kier molecular flexibility index (Phi) is 7.35. The molecule has 6 rings (SSSR count). The summed E-state index contributed by atoms with van der Waals surface area (Å²) in [6.07, 6.45) is 4.12. The maximum absolute atomic E-state index is 14.3.